The highest BCUT2D eigenvalue weighted by Gasteiger charge is 2.34. The largest absolute Gasteiger partial charge is 0.0619 e. The average molecular weight is 248 g/mol. The molecule has 96 valence electrons. The summed E-state index contributed by atoms with van der Waals surface area (Å²) in [5.41, 5.74) is 6.12. The van der Waals surface area contributed by atoms with Crippen molar-refractivity contribution in [2.24, 2.45) is 5.92 Å². The Morgan fingerprint density at radius 1 is 0.632 bits per heavy atom. The first-order chi connectivity index (χ1) is 9.45. The average Bonchev–Trinajstić information content (AvgIpc) is 2.83. The number of fused-ring (bicyclic) bond motifs is 3. The maximum Gasteiger partial charge on any atom is 0.0130 e. The monoisotopic (exact) mass is 248 g/mol. The van der Waals surface area contributed by atoms with Crippen LogP contribution in [0.2, 0.25) is 0 Å². The van der Waals surface area contributed by atoms with Crippen LogP contribution in [0.5, 0.6) is 0 Å². The second kappa shape index (κ2) is 4.52. The van der Waals surface area contributed by atoms with Gasteiger partial charge in [-0.2, -0.15) is 0 Å². The molecule has 0 saturated heterocycles. The fraction of sp³-hybridized carbons (Fsp3) is 0.368. The lowest BCUT2D eigenvalue weighted by Gasteiger charge is -2.29. The summed E-state index contributed by atoms with van der Waals surface area (Å²) in [6, 6.07) is 18.1. The van der Waals surface area contributed by atoms with Gasteiger partial charge in [-0.15, -0.1) is 0 Å². The smallest absolute Gasteiger partial charge is 0.0130 e. The first kappa shape index (κ1) is 11.3. The predicted molar refractivity (Wildman–Crippen MR) is 80.3 cm³/mol. The van der Waals surface area contributed by atoms with Gasteiger partial charge in [0.25, 0.3) is 0 Å². The fourth-order valence-electron chi connectivity index (χ4n) is 4.17. The van der Waals surface area contributed by atoms with Crippen LogP contribution in [-0.2, 0) is 0 Å². The Kier molecular flexibility index (Phi) is 2.69. The van der Waals surface area contributed by atoms with Gasteiger partial charge in [0.15, 0.2) is 0 Å². The van der Waals surface area contributed by atoms with Gasteiger partial charge in [-0.3, -0.25) is 0 Å². The third-order valence-corrected chi connectivity index (χ3v) is 5.00. The van der Waals surface area contributed by atoms with Crippen LogP contribution in [-0.4, -0.2) is 0 Å². The summed E-state index contributed by atoms with van der Waals surface area (Å²) in [7, 11) is 0. The Morgan fingerprint density at radius 2 is 1.16 bits per heavy atom. The molecular weight excluding hydrogens is 228 g/mol. The normalized spacial score (nSPS) is 19.2. The van der Waals surface area contributed by atoms with Crippen molar-refractivity contribution in [1.29, 1.82) is 0 Å². The van der Waals surface area contributed by atoms with E-state index in [0.717, 1.165) is 5.92 Å². The molecule has 19 heavy (non-hydrogen) atoms. The zero-order valence-electron chi connectivity index (χ0n) is 11.3. The molecule has 0 aromatic heterocycles. The van der Waals surface area contributed by atoms with E-state index in [1.165, 1.54) is 43.2 Å². The summed E-state index contributed by atoms with van der Waals surface area (Å²) in [6.45, 7) is 0. The minimum Gasteiger partial charge on any atom is -0.0619 e. The Hall–Kier alpha value is -1.56. The van der Waals surface area contributed by atoms with Gasteiger partial charge in [0.05, 0.1) is 0 Å². The standard InChI is InChI=1S/C19H20/c1-2-8-14(9-3-1)19-17-12-6-4-10-15(17)16-11-5-7-13-18(16)19/h4-7,10-14,19H,1-3,8-9H2. The number of hydrogen-bond acceptors (Lipinski definition) is 0. The highest BCUT2D eigenvalue weighted by atomic mass is 14.4. The molecule has 0 spiro atoms. The van der Waals surface area contributed by atoms with Crippen molar-refractivity contribution >= 4 is 0 Å². The van der Waals surface area contributed by atoms with Gasteiger partial charge in [-0.05, 0) is 41.0 Å². The Bertz CT molecular complexity index is 545. The molecule has 2 aromatic rings. The SMILES string of the molecule is c1ccc2c(c1)-c1ccccc1C2C1CCCCC1. The van der Waals surface area contributed by atoms with Crippen molar-refractivity contribution in [2.75, 3.05) is 0 Å². The highest BCUT2D eigenvalue weighted by Crippen LogP contribution is 2.51. The lowest BCUT2D eigenvalue weighted by Crippen LogP contribution is -2.15. The molecule has 2 aliphatic carbocycles. The summed E-state index contributed by atoms with van der Waals surface area (Å²) in [6.07, 6.45) is 7.10. The predicted octanol–water partition coefficient (Wildman–Crippen LogP) is 5.38. The van der Waals surface area contributed by atoms with E-state index in [0.29, 0.717) is 5.92 Å². The molecule has 0 heteroatoms. The van der Waals surface area contributed by atoms with Gasteiger partial charge >= 0.3 is 0 Å². The molecular formula is C19H20. The third kappa shape index (κ3) is 1.74. The molecule has 0 heterocycles. The second-order valence-corrected chi connectivity index (χ2v) is 6.05. The molecule has 0 unspecified atom stereocenters. The van der Waals surface area contributed by atoms with E-state index in [1.807, 2.05) is 0 Å². The topological polar surface area (TPSA) is 0 Å². The van der Waals surface area contributed by atoms with Crippen LogP contribution in [0.15, 0.2) is 48.5 Å². The van der Waals surface area contributed by atoms with Crippen LogP contribution in [0.25, 0.3) is 11.1 Å². The zero-order chi connectivity index (χ0) is 12.7. The molecule has 1 saturated carbocycles. The van der Waals surface area contributed by atoms with E-state index in [-0.39, 0.29) is 0 Å². The molecule has 4 rings (SSSR count). The van der Waals surface area contributed by atoms with Crippen LogP contribution < -0.4 is 0 Å². The molecule has 0 nitrogen and oxygen atoms in total. The van der Waals surface area contributed by atoms with E-state index in [2.05, 4.69) is 48.5 Å². The maximum absolute atomic E-state index is 2.36. The van der Waals surface area contributed by atoms with Crippen molar-refractivity contribution in [3.05, 3.63) is 59.7 Å². The van der Waals surface area contributed by atoms with Crippen molar-refractivity contribution < 1.29 is 0 Å². The van der Waals surface area contributed by atoms with Crippen LogP contribution in [0.4, 0.5) is 0 Å². The number of rotatable bonds is 1. The molecule has 0 radical (unpaired) electrons. The molecule has 0 bridgehead atoms. The zero-order valence-corrected chi connectivity index (χ0v) is 11.3. The van der Waals surface area contributed by atoms with Gasteiger partial charge in [0.2, 0.25) is 0 Å². The van der Waals surface area contributed by atoms with Crippen molar-refractivity contribution in [3.8, 4) is 11.1 Å². The molecule has 0 N–H and O–H groups in total. The lowest BCUT2D eigenvalue weighted by atomic mass is 9.76. The number of hydrogen-bond donors (Lipinski definition) is 0. The van der Waals surface area contributed by atoms with Crippen molar-refractivity contribution in [1.82, 2.24) is 0 Å². The van der Waals surface area contributed by atoms with Crippen LogP contribution in [0.1, 0.15) is 49.1 Å². The van der Waals surface area contributed by atoms with Crippen LogP contribution >= 0.6 is 0 Å². The van der Waals surface area contributed by atoms with Crippen molar-refractivity contribution in [3.63, 3.8) is 0 Å². The Balaban J connectivity index is 1.86. The summed E-state index contributed by atoms with van der Waals surface area (Å²) in [5, 5.41) is 0. The molecule has 1 fully saturated rings. The summed E-state index contributed by atoms with van der Waals surface area (Å²) in [4.78, 5) is 0. The summed E-state index contributed by atoms with van der Waals surface area (Å²) in [5.74, 6) is 1.52. The minimum absolute atomic E-state index is 0.660. The van der Waals surface area contributed by atoms with E-state index < -0.39 is 0 Å². The highest BCUT2D eigenvalue weighted by molar-refractivity contribution is 5.78. The molecule has 2 aliphatic rings. The number of benzene rings is 2. The lowest BCUT2D eigenvalue weighted by molar-refractivity contribution is 0.330. The van der Waals surface area contributed by atoms with Gasteiger partial charge in [0, 0.05) is 5.92 Å². The molecule has 2 aromatic carbocycles. The first-order valence-corrected chi connectivity index (χ1v) is 7.63. The summed E-state index contributed by atoms with van der Waals surface area (Å²) < 4.78 is 0. The van der Waals surface area contributed by atoms with E-state index in [1.54, 1.807) is 11.1 Å². The second-order valence-electron chi connectivity index (χ2n) is 6.05. The molecule has 0 aliphatic heterocycles. The van der Waals surface area contributed by atoms with Gasteiger partial charge in [0.1, 0.15) is 0 Å². The van der Waals surface area contributed by atoms with Gasteiger partial charge < -0.3 is 0 Å². The van der Waals surface area contributed by atoms with E-state index in [9.17, 15) is 0 Å². The maximum atomic E-state index is 2.36. The third-order valence-electron chi connectivity index (χ3n) is 5.00. The van der Waals surface area contributed by atoms with Gasteiger partial charge in [-0.1, -0.05) is 67.8 Å². The Labute approximate surface area is 115 Å². The van der Waals surface area contributed by atoms with Crippen LogP contribution in [0, 0.1) is 5.92 Å². The van der Waals surface area contributed by atoms with Gasteiger partial charge in [-0.25, -0.2) is 0 Å². The Morgan fingerprint density at radius 3 is 1.74 bits per heavy atom. The quantitative estimate of drug-likeness (QED) is 0.635. The van der Waals surface area contributed by atoms with E-state index >= 15 is 0 Å². The molecule has 0 amide bonds. The van der Waals surface area contributed by atoms with E-state index in [4.69, 9.17) is 0 Å². The first-order valence-electron chi connectivity index (χ1n) is 7.63. The minimum atomic E-state index is 0.660. The van der Waals surface area contributed by atoms with Crippen LogP contribution in [0.3, 0.4) is 0 Å². The summed E-state index contributed by atoms with van der Waals surface area (Å²) >= 11 is 0. The molecule has 0 atom stereocenters. The fourth-order valence-corrected chi connectivity index (χ4v) is 4.17. The van der Waals surface area contributed by atoms with Crippen molar-refractivity contribution in [2.45, 2.75) is 38.0 Å².